The van der Waals surface area contributed by atoms with E-state index >= 15 is 0 Å². The van der Waals surface area contributed by atoms with Crippen molar-refractivity contribution >= 4 is 17.5 Å². The Morgan fingerprint density at radius 1 is 0.862 bits per heavy atom. The number of nitrogens with zero attached hydrogens (tertiary/aromatic N) is 4. The molecule has 0 aliphatic carbocycles. The van der Waals surface area contributed by atoms with Crippen molar-refractivity contribution in [2.45, 2.75) is 0 Å². The van der Waals surface area contributed by atoms with Crippen LogP contribution in [0.3, 0.4) is 0 Å². The summed E-state index contributed by atoms with van der Waals surface area (Å²) < 4.78 is 10.9. The number of rotatable bonds is 4. The van der Waals surface area contributed by atoms with Crippen molar-refractivity contribution in [2.75, 3.05) is 50.2 Å². The highest BCUT2D eigenvalue weighted by Gasteiger charge is 2.19. The van der Waals surface area contributed by atoms with Gasteiger partial charge in [-0.3, -0.25) is 0 Å². The number of anilines is 3. The van der Waals surface area contributed by atoms with Gasteiger partial charge in [0.2, 0.25) is 12.7 Å². The minimum absolute atomic E-state index is 0.262. The van der Waals surface area contributed by atoms with Crippen LogP contribution in [-0.2, 0) is 0 Å². The summed E-state index contributed by atoms with van der Waals surface area (Å²) in [5, 5.41) is 3.41. The summed E-state index contributed by atoms with van der Waals surface area (Å²) in [4.78, 5) is 14.2. The molecule has 7 heteroatoms. The Hall–Kier alpha value is -3.32. The van der Waals surface area contributed by atoms with E-state index in [1.165, 1.54) is 0 Å². The third-order valence-corrected chi connectivity index (χ3v) is 5.21. The third-order valence-electron chi connectivity index (χ3n) is 5.21. The first-order valence-corrected chi connectivity index (χ1v) is 9.79. The second-order valence-electron chi connectivity index (χ2n) is 7.29. The van der Waals surface area contributed by atoms with Gasteiger partial charge in [0.25, 0.3) is 0 Å². The lowest BCUT2D eigenvalue weighted by Gasteiger charge is -2.32. The maximum atomic E-state index is 5.49. The lowest BCUT2D eigenvalue weighted by Crippen LogP contribution is -2.45. The maximum absolute atomic E-state index is 5.49. The van der Waals surface area contributed by atoms with Gasteiger partial charge in [0.1, 0.15) is 5.82 Å². The van der Waals surface area contributed by atoms with E-state index in [4.69, 9.17) is 19.4 Å². The molecule has 2 aliphatic rings. The van der Waals surface area contributed by atoms with Gasteiger partial charge in [-0.1, -0.05) is 30.3 Å². The number of nitrogens with one attached hydrogen (secondary N) is 1. The van der Waals surface area contributed by atoms with Crippen molar-refractivity contribution < 1.29 is 9.47 Å². The van der Waals surface area contributed by atoms with Crippen molar-refractivity contribution in [1.82, 2.24) is 14.9 Å². The summed E-state index contributed by atoms with van der Waals surface area (Å²) in [7, 11) is 2.14. The highest BCUT2D eigenvalue weighted by molar-refractivity contribution is 5.69. The topological polar surface area (TPSA) is 62.8 Å². The van der Waals surface area contributed by atoms with Crippen LogP contribution in [-0.4, -0.2) is 54.9 Å². The van der Waals surface area contributed by atoms with Gasteiger partial charge in [0, 0.05) is 49.6 Å². The molecule has 0 amide bonds. The Kier molecular flexibility index (Phi) is 4.65. The fourth-order valence-electron chi connectivity index (χ4n) is 3.53. The molecule has 148 valence electrons. The van der Waals surface area contributed by atoms with Crippen LogP contribution in [0.15, 0.2) is 54.6 Å². The second kappa shape index (κ2) is 7.60. The number of likely N-dealkylation sites (N-methyl/N-ethyl adjacent to an activating group) is 1. The normalized spacial score (nSPS) is 16.1. The molecule has 2 aromatic carbocycles. The van der Waals surface area contributed by atoms with Crippen molar-refractivity contribution in [3.05, 3.63) is 54.6 Å². The van der Waals surface area contributed by atoms with Gasteiger partial charge < -0.3 is 24.6 Å². The fraction of sp³-hybridized carbons (Fsp3) is 0.273. The minimum Gasteiger partial charge on any atom is -0.454 e. The average molecular weight is 389 g/mol. The Balaban J connectivity index is 1.49. The minimum atomic E-state index is 0.262. The molecule has 1 aromatic heterocycles. The van der Waals surface area contributed by atoms with Crippen molar-refractivity contribution in [1.29, 1.82) is 0 Å². The van der Waals surface area contributed by atoms with Gasteiger partial charge in [-0.05, 0) is 19.2 Å². The molecule has 0 spiro atoms. The zero-order chi connectivity index (χ0) is 19.6. The summed E-state index contributed by atoms with van der Waals surface area (Å²) in [6.45, 7) is 4.10. The van der Waals surface area contributed by atoms with Crippen LogP contribution in [0.25, 0.3) is 11.3 Å². The van der Waals surface area contributed by atoms with E-state index in [0.29, 0.717) is 0 Å². The summed E-state index contributed by atoms with van der Waals surface area (Å²) in [6, 6.07) is 18.0. The van der Waals surface area contributed by atoms with E-state index in [1.54, 1.807) is 0 Å². The molecule has 2 aliphatic heterocycles. The van der Waals surface area contributed by atoms with Gasteiger partial charge in [-0.2, -0.15) is 4.98 Å². The van der Waals surface area contributed by atoms with Gasteiger partial charge in [-0.25, -0.2) is 4.98 Å². The van der Waals surface area contributed by atoms with Crippen LogP contribution in [0, 0.1) is 0 Å². The van der Waals surface area contributed by atoms with Gasteiger partial charge in [0.15, 0.2) is 11.5 Å². The maximum Gasteiger partial charge on any atom is 0.231 e. The van der Waals surface area contributed by atoms with E-state index in [0.717, 1.165) is 66.4 Å². The first-order valence-electron chi connectivity index (χ1n) is 9.79. The molecule has 7 nitrogen and oxygen atoms in total. The van der Waals surface area contributed by atoms with E-state index in [2.05, 4.69) is 34.3 Å². The van der Waals surface area contributed by atoms with Crippen LogP contribution in [0.4, 0.5) is 17.5 Å². The van der Waals surface area contributed by atoms with Crippen LogP contribution in [0.1, 0.15) is 0 Å². The van der Waals surface area contributed by atoms with Crippen molar-refractivity contribution in [3.63, 3.8) is 0 Å². The highest BCUT2D eigenvalue weighted by atomic mass is 16.7. The smallest absolute Gasteiger partial charge is 0.231 e. The van der Waals surface area contributed by atoms with E-state index < -0.39 is 0 Å². The average Bonchev–Trinajstić information content (AvgIpc) is 3.23. The molecule has 0 unspecified atom stereocenters. The van der Waals surface area contributed by atoms with Crippen LogP contribution >= 0.6 is 0 Å². The van der Waals surface area contributed by atoms with Crippen molar-refractivity contribution in [2.24, 2.45) is 0 Å². The number of aromatic nitrogens is 2. The summed E-state index contributed by atoms with van der Waals surface area (Å²) in [5.41, 5.74) is 2.87. The Morgan fingerprint density at radius 2 is 1.66 bits per heavy atom. The fourth-order valence-corrected chi connectivity index (χ4v) is 3.53. The van der Waals surface area contributed by atoms with Crippen LogP contribution < -0.4 is 19.7 Å². The van der Waals surface area contributed by atoms with Gasteiger partial charge in [-0.15, -0.1) is 0 Å². The van der Waals surface area contributed by atoms with E-state index in [1.807, 2.05) is 42.5 Å². The third kappa shape index (κ3) is 3.82. The SMILES string of the molecule is CN1CCN(c2nc(Nc3ccc4c(c3)OCO4)cc(-c3ccccc3)n2)CC1. The quantitative estimate of drug-likeness (QED) is 0.734. The Bertz CT molecular complexity index is 1000. The molecule has 29 heavy (non-hydrogen) atoms. The monoisotopic (exact) mass is 389 g/mol. The molecule has 1 saturated heterocycles. The molecule has 0 bridgehead atoms. The standard InChI is InChI=1S/C22H23N5O2/c1-26-9-11-27(12-10-26)22-24-18(16-5-3-2-4-6-16)14-21(25-22)23-17-7-8-19-20(13-17)29-15-28-19/h2-8,13-14H,9-12,15H2,1H3,(H,23,24,25). The van der Waals surface area contributed by atoms with Gasteiger partial charge >= 0.3 is 0 Å². The van der Waals surface area contributed by atoms with E-state index in [-0.39, 0.29) is 6.79 Å². The Morgan fingerprint density at radius 3 is 2.48 bits per heavy atom. The van der Waals surface area contributed by atoms with E-state index in [9.17, 15) is 0 Å². The summed E-state index contributed by atoms with van der Waals surface area (Å²) >= 11 is 0. The zero-order valence-electron chi connectivity index (χ0n) is 16.3. The molecule has 0 radical (unpaired) electrons. The molecular weight excluding hydrogens is 366 g/mol. The second-order valence-corrected chi connectivity index (χ2v) is 7.29. The number of ether oxygens (including phenoxy) is 2. The number of hydrogen-bond acceptors (Lipinski definition) is 7. The highest BCUT2D eigenvalue weighted by Crippen LogP contribution is 2.35. The van der Waals surface area contributed by atoms with Crippen LogP contribution in [0.2, 0.25) is 0 Å². The predicted octanol–water partition coefficient (Wildman–Crippen LogP) is 3.37. The van der Waals surface area contributed by atoms with Crippen LogP contribution in [0.5, 0.6) is 11.5 Å². The molecule has 0 atom stereocenters. The first-order chi connectivity index (χ1) is 14.2. The molecule has 5 rings (SSSR count). The predicted molar refractivity (Wildman–Crippen MR) is 113 cm³/mol. The number of fused-ring (bicyclic) bond motifs is 1. The molecule has 1 N–H and O–H groups in total. The molecule has 1 fully saturated rings. The Labute approximate surface area is 169 Å². The molecule has 3 aromatic rings. The summed E-state index contributed by atoms with van der Waals surface area (Å²) in [6.07, 6.45) is 0. The molecule has 3 heterocycles. The number of hydrogen-bond donors (Lipinski definition) is 1. The van der Waals surface area contributed by atoms with Crippen molar-refractivity contribution in [3.8, 4) is 22.8 Å². The largest absolute Gasteiger partial charge is 0.454 e. The first kappa shape index (κ1) is 17.8. The lowest BCUT2D eigenvalue weighted by atomic mass is 10.1. The summed E-state index contributed by atoms with van der Waals surface area (Å²) in [5.74, 6) is 3.02. The lowest BCUT2D eigenvalue weighted by molar-refractivity contribution is 0.174. The number of piperazine rings is 1. The van der Waals surface area contributed by atoms with Gasteiger partial charge in [0.05, 0.1) is 5.69 Å². The zero-order valence-corrected chi connectivity index (χ0v) is 16.3. The molecular formula is C22H23N5O2. The molecule has 0 saturated carbocycles. The number of benzene rings is 2.